The molecule has 2 atom stereocenters. The van der Waals surface area contributed by atoms with E-state index >= 15 is 0 Å². The third kappa shape index (κ3) is 4.16. The van der Waals surface area contributed by atoms with E-state index in [9.17, 15) is 14.0 Å². The molecule has 1 aliphatic rings. The maximum absolute atomic E-state index is 14.1. The second-order valence-electron chi connectivity index (χ2n) is 6.97. The first-order valence-corrected chi connectivity index (χ1v) is 9.50. The molecular formula is C22H25FN2O3. The molecule has 2 aromatic rings. The minimum Gasteiger partial charge on any atom is -0.497 e. The van der Waals surface area contributed by atoms with Gasteiger partial charge in [0, 0.05) is 25.6 Å². The number of halogens is 1. The molecule has 0 spiro atoms. The normalized spacial score (nSPS) is 18.8. The van der Waals surface area contributed by atoms with E-state index in [0.717, 1.165) is 17.7 Å². The molecule has 2 aromatic carbocycles. The molecular weight excluding hydrogens is 359 g/mol. The van der Waals surface area contributed by atoms with Crippen molar-refractivity contribution >= 4 is 11.8 Å². The van der Waals surface area contributed by atoms with Crippen LogP contribution in [-0.2, 0) is 4.79 Å². The van der Waals surface area contributed by atoms with Crippen LogP contribution in [0.4, 0.5) is 4.39 Å². The fraction of sp³-hybridized carbons (Fsp3) is 0.364. The van der Waals surface area contributed by atoms with Crippen molar-refractivity contribution in [3.63, 3.8) is 0 Å². The Kier molecular flexibility index (Phi) is 6.29. The van der Waals surface area contributed by atoms with Gasteiger partial charge in [0.2, 0.25) is 5.91 Å². The maximum Gasteiger partial charge on any atom is 0.256 e. The number of methoxy groups -OCH3 is 1. The summed E-state index contributed by atoms with van der Waals surface area (Å²) < 4.78 is 19.3. The highest BCUT2D eigenvalue weighted by molar-refractivity contribution is 5.95. The number of carbonyl (C=O) groups excluding carboxylic acids is 2. The number of amides is 2. The molecule has 0 radical (unpaired) electrons. The Bertz CT molecular complexity index is 838. The Labute approximate surface area is 164 Å². The number of likely N-dealkylation sites (tertiary alicyclic amines) is 1. The van der Waals surface area contributed by atoms with E-state index in [1.165, 1.54) is 12.1 Å². The molecule has 148 valence electrons. The molecule has 1 N–H and O–H groups in total. The van der Waals surface area contributed by atoms with Gasteiger partial charge in [-0.3, -0.25) is 9.59 Å². The molecule has 0 aromatic heterocycles. The molecule has 0 bridgehead atoms. The molecule has 2 amide bonds. The Balaban J connectivity index is 1.86. The van der Waals surface area contributed by atoms with Gasteiger partial charge in [-0.05, 0) is 36.2 Å². The second kappa shape index (κ2) is 8.87. The van der Waals surface area contributed by atoms with E-state index in [1.807, 2.05) is 31.2 Å². The molecule has 28 heavy (non-hydrogen) atoms. The highest BCUT2D eigenvalue weighted by Crippen LogP contribution is 2.34. The van der Waals surface area contributed by atoms with Crippen molar-refractivity contribution < 1.29 is 18.7 Å². The van der Waals surface area contributed by atoms with Crippen LogP contribution in [0.15, 0.2) is 48.5 Å². The Hall–Kier alpha value is -2.89. The van der Waals surface area contributed by atoms with Crippen LogP contribution in [0.25, 0.3) is 0 Å². The Morgan fingerprint density at radius 2 is 1.86 bits per heavy atom. The van der Waals surface area contributed by atoms with Crippen LogP contribution in [0.3, 0.4) is 0 Å². The predicted octanol–water partition coefficient (Wildman–Crippen LogP) is 3.22. The van der Waals surface area contributed by atoms with Crippen molar-refractivity contribution in [2.24, 2.45) is 5.92 Å². The lowest BCUT2D eigenvalue weighted by molar-refractivity contribution is -0.124. The first kappa shape index (κ1) is 19.9. The van der Waals surface area contributed by atoms with Crippen molar-refractivity contribution in [1.82, 2.24) is 10.2 Å². The summed E-state index contributed by atoms with van der Waals surface area (Å²) in [5.41, 5.74) is 0.992. The molecule has 0 aliphatic carbocycles. The molecule has 1 fully saturated rings. The highest BCUT2D eigenvalue weighted by atomic mass is 19.1. The van der Waals surface area contributed by atoms with Gasteiger partial charge in [-0.2, -0.15) is 0 Å². The van der Waals surface area contributed by atoms with Gasteiger partial charge in [-0.1, -0.05) is 31.2 Å². The minimum atomic E-state index is -0.549. The van der Waals surface area contributed by atoms with Crippen molar-refractivity contribution in [3.05, 3.63) is 65.5 Å². The maximum atomic E-state index is 14.1. The average Bonchev–Trinajstić information content (AvgIpc) is 3.17. The fourth-order valence-corrected chi connectivity index (χ4v) is 3.61. The van der Waals surface area contributed by atoms with E-state index in [-0.39, 0.29) is 35.8 Å². The van der Waals surface area contributed by atoms with E-state index in [0.29, 0.717) is 13.1 Å². The van der Waals surface area contributed by atoms with Crippen LogP contribution in [0.2, 0.25) is 0 Å². The van der Waals surface area contributed by atoms with Crippen LogP contribution in [0, 0.1) is 11.7 Å². The zero-order valence-electron chi connectivity index (χ0n) is 16.2. The van der Waals surface area contributed by atoms with Gasteiger partial charge in [0.25, 0.3) is 5.91 Å². The lowest BCUT2D eigenvalue weighted by Crippen LogP contribution is -2.36. The number of carbonyl (C=O) groups is 2. The fourth-order valence-electron chi connectivity index (χ4n) is 3.61. The van der Waals surface area contributed by atoms with Crippen LogP contribution < -0.4 is 10.1 Å². The largest absolute Gasteiger partial charge is 0.497 e. The minimum absolute atomic E-state index is 0.0330. The summed E-state index contributed by atoms with van der Waals surface area (Å²) in [4.78, 5) is 27.2. The van der Waals surface area contributed by atoms with Gasteiger partial charge in [0.1, 0.15) is 11.6 Å². The van der Waals surface area contributed by atoms with Crippen LogP contribution in [-0.4, -0.2) is 43.5 Å². The topological polar surface area (TPSA) is 58.6 Å². The first-order valence-electron chi connectivity index (χ1n) is 9.50. The van der Waals surface area contributed by atoms with Crippen molar-refractivity contribution in [2.75, 3.05) is 26.7 Å². The summed E-state index contributed by atoms with van der Waals surface area (Å²) in [6.45, 7) is 3.21. The lowest BCUT2D eigenvalue weighted by atomic mass is 9.88. The highest BCUT2D eigenvalue weighted by Gasteiger charge is 2.40. The third-order valence-electron chi connectivity index (χ3n) is 5.14. The number of nitrogens with one attached hydrogen (secondary N) is 1. The smallest absolute Gasteiger partial charge is 0.256 e. The summed E-state index contributed by atoms with van der Waals surface area (Å²) in [6.07, 6.45) is 0.837. The summed E-state index contributed by atoms with van der Waals surface area (Å²) in [7, 11) is 1.60. The second-order valence-corrected chi connectivity index (χ2v) is 6.97. The molecule has 0 saturated carbocycles. The number of hydrogen-bond donors (Lipinski definition) is 1. The Morgan fingerprint density at radius 1 is 1.14 bits per heavy atom. The monoisotopic (exact) mass is 384 g/mol. The van der Waals surface area contributed by atoms with Crippen LogP contribution in [0.5, 0.6) is 5.75 Å². The molecule has 6 heteroatoms. The van der Waals surface area contributed by atoms with Gasteiger partial charge in [0.15, 0.2) is 0 Å². The lowest BCUT2D eigenvalue weighted by Gasteiger charge is -2.18. The summed E-state index contributed by atoms with van der Waals surface area (Å²) >= 11 is 0. The molecule has 1 aliphatic heterocycles. The summed E-state index contributed by atoms with van der Waals surface area (Å²) in [5.74, 6) is -0.816. The van der Waals surface area contributed by atoms with E-state index in [4.69, 9.17) is 4.74 Å². The SMILES string of the molecule is CCCNC(=O)[C@H]1CN(C(=O)c2ccccc2F)C[C@@H]1c1ccc(OC)cc1. The molecule has 5 nitrogen and oxygen atoms in total. The van der Waals surface area contributed by atoms with Gasteiger partial charge in [-0.25, -0.2) is 4.39 Å². The number of nitrogens with zero attached hydrogens (tertiary/aromatic N) is 1. The molecule has 0 unspecified atom stereocenters. The zero-order valence-corrected chi connectivity index (χ0v) is 16.2. The van der Waals surface area contributed by atoms with Gasteiger partial charge < -0.3 is 15.0 Å². The average molecular weight is 384 g/mol. The number of ether oxygens (including phenoxy) is 1. The summed E-state index contributed by atoms with van der Waals surface area (Å²) in [5, 5.41) is 2.93. The molecule has 1 heterocycles. The number of hydrogen-bond acceptors (Lipinski definition) is 3. The van der Waals surface area contributed by atoms with Crippen molar-refractivity contribution in [3.8, 4) is 5.75 Å². The van der Waals surface area contributed by atoms with E-state index in [1.54, 1.807) is 24.1 Å². The standard InChI is InChI=1S/C22H25FN2O3/c1-3-12-24-21(26)19-14-25(22(27)17-6-4-5-7-20(17)23)13-18(19)15-8-10-16(28-2)11-9-15/h4-11,18-19H,3,12-14H2,1-2H3,(H,24,26)/t18-,19+/m1/s1. The predicted molar refractivity (Wildman–Crippen MR) is 105 cm³/mol. The van der Waals surface area contributed by atoms with E-state index < -0.39 is 5.82 Å². The van der Waals surface area contributed by atoms with Crippen molar-refractivity contribution in [2.45, 2.75) is 19.3 Å². The van der Waals surface area contributed by atoms with Gasteiger partial charge >= 0.3 is 0 Å². The molecule has 1 saturated heterocycles. The quantitative estimate of drug-likeness (QED) is 0.832. The van der Waals surface area contributed by atoms with Crippen LogP contribution in [0.1, 0.15) is 35.2 Å². The van der Waals surface area contributed by atoms with E-state index in [2.05, 4.69) is 5.32 Å². The summed E-state index contributed by atoms with van der Waals surface area (Å²) in [6, 6.07) is 13.5. The Morgan fingerprint density at radius 3 is 2.50 bits per heavy atom. The third-order valence-corrected chi connectivity index (χ3v) is 5.14. The molecule has 3 rings (SSSR count). The van der Waals surface area contributed by atoms with Crippen molar-refractivity contribution in [1.29, 1.82) is 0 Å². The number of benzene rings is 2. The van der Waals surface area contributed by atoms with Gasteiger partial charge in [0.05, 0.1) is 18.6 Å². The zero-order chi connectivity index (χ0) is 20.1. The number of rotatable bonds is 6. The van der Waals surface area contributed by atoms with Gasteiger partial charge in [-0.15, -0.1) is 0 Å². The first-order chi connectivity index (χ1) is 13.5. The van der Waals surface area contributed by atoms with Crippen LogP contribution >= 0.6 is 0 Å².